The molecule has 0 aromatic carbocycles. The molecule has 4 nitrogen and oxygen atoms in total. The van der Waals surface area contributed by atoms with E-state index in [1.54, 1.807) is 0 Å². The molecule has 1 aliphatic carbocycles. The molecule has 16 heavy (non-hydrogen) atoms. The second-order valence-corrected chi connectivity index (χ2v) is 7.79. The molecule has 0 bridgehead atoms. The minimum absolute atomic E-state index is 0. The fraction of sp³-hybridized carbons (Fsp3) is 1.00. The molecule has 1 saturated carbocycles. The minimum atomic E-state index is -0.472. The molecule has 7 heteroatoms. The van der Waals surface area contributed by atoms with Crippen molar-refractivity contribution in [2.75, 3.05) is 6.54 Å². The summed E-state index contributed by atoms with van der Waals surface area (Å²) in [5.74, 6) is 1.66. The van der Waals surface area contributed by atoms with E-state index in [1.165, 1.54) is 12.8 Å². The fourth-order valence-electron chi connectivity index (χ4n) is 2.37. The Morgan fingerprint density at radius 1 is 1.31 bits per heavy atom. The summed E-state index contributed by atoms with van der Waals surface area (Å²) in [4.78, 5) is 0. The van der Waals surface area contributed by atoms with Crippen molar-refractivity contribution in [1.82, 2.24) is 0 Å². The van der Waals surface area contributed by atoms with Gasteiger partial charge in [0.15, 0.2) is 0 Å². The number of halogens is 2. The zero-order valence-electron chi connectivity index (χ0n) is 10.0. The molecular weight excluding hydrogens is 434 g/mol. The van der Waals surface area contributed by atoms with Crippen molar-refractivity contribution >= 4 is 18.8 Å². The van der Waals surface area contributed by atoms with Gasteiger partial charge < -0.3 is 22.8 Å². The summed E-state index contributed by atoms with van der Waals surface area (Å²) in [5.41, 5.74) is 6.18. The molecule has 0 amide bonds. The minimum Gasteiger partial charge on any atom is -0.693 e. The molecule has 1 rings (SSSR count). The standard InChI is InChI=1S/C9H19N.2ClH.H2N.2H2O.Pt/c1-7-4-8(6-10)9(2,3)5-7;;;;;;/h7-8H,4-6,10H2,1-3H3;2*1H;3*1H2;/q;;;-1;;;+2/p-2/t7-,8-;;;;;;/m0....../s1. The average Bonchev–Trinajstić information content (AvgIpc) is 2.25. The van der Waals surface area contributed by atoms with Crippen molar-refractivity contribution in [2.45, 2.75) is 33.6 Å². The first kappa shape index (κ1) is 25.8. The van der Waals surface area contributed by atoms with Crippen molar-refractivity contribution in [2.24, 2.45) is 23.0 Å². The average molecular weight is 459 g/mol. The van der Waals surface area contributed by atoms with Gasteiger partial charge in [-0.1, -0.05) is 20.8 Å². The van der Waals surface area contributed by atoms with Crippen LogP contribution in [0.2, 0.25) is 0 Å². The van der Waals surface area contributed by atoms with E-state index in [1.807, 2.05) is 0 Å². The second-order valence-electron chi connectivity index (χ2n) is 4.51. The fourth-order valence-corrected chi connectivity index (χ4v) is 2.37. The second kappa shape index (κ2) is 12.6. The van der Waals surface area contributed by atoms with E-state index in [-0.39, 0.29) is 17.1 Å². The first-order valence-electron chi connectivity index (χ1n) is 4.50. The van der Waals surface area contributed by atoms with E-state index in [4.69, 9.17) is 24.6 Å². The Kier molecular flexibility index (Phi) is 20.3. The topological polar surface area (TPSA) is 123 Å². The maximum atomic E-state index is 5.67. The van der Waals surface area contributed by atoms with Crippen LogP contribution in [0.4, 0.5) is 0 Å². The third-order valence-electron chi connectivity index (χ3n) is 2.95. The summed E-state index contributed by atoms with van der Waals surface area (Å²) in [5, 5.41) is 0. The van der Waals surface area contributed by atoms with Gasteiger partial charge in [-0.05, 0) is 36.6 Å². The van der Waals surface area contributed by atoms with Gasteiger partial charge >= 0.3 is 35.3 Å². The molecule has 0 saturated heterocycles. The Balaban J connectivity index is -0.000000109. The smallest absolute Gasteiger partial charge is 0.693 e. The number of rotatable bonds is 1. The molecule has 1 fully saturated rings. The van der Waals surface area contributed by atoms with Crippen molar-refractivity contribution in [3.8, 4) is 0 Å². The third kappa shape index (κ3) is 9.17. The van der Waals surface area contributed by atoms with Crippen LogP contribution >= 0.6 is 18.8 Å². The molecule has 0 aliphatic heterocycles. The van der Waals surface area contributed by atoms with Crippen molar-refractivity contribution in [1.29, 1.82) is 0 Å². The van der Waals surface area contributed by atoms with Crippen LogP contribution in [0.3, 0.4) is 0 Å². The number of hydrogen-bond acceptors (Lipinski definition) is 1. The van der Waals surface area contributed by atoms with Crippen LogP contribution in [0.5, 0.6) is 0 Å². The summed E-state index contributed by atoms with van der Waals surface area (Å²) >= 11 is -0.472. The van der Waals surface area contributed by atoms with Crippen molar-refractivity contribution < 1.29 is 27.4 Å². The number of hydrogen-bond donors (Lipinski definition) is 1. The van der Waals surface area contributed by atoms with Crippen LogP contribution in [0.25, 0.3) is 6.15 Å². The van der Waals surface area contributed by atoms with Gasteiger partial charge in [0.2, 0.25) is 0 Å². The van der Waals surface area contributed by atoms with Gasteiger partial charge in [-0.3, -0.25) is 0 Å². The van der Waals surface area contributed by atoms with Gasteiger partial charge in [0.25, 0.3) is 0 Å². The summed E-state index contributed by atoms with van der Waals surface area (Å²) in [6.07, 6.45) is 2.69. The van der Waals surface area contributed by atoms with Gasteiger partial charge in [0, 0.05) is 0 Å². The first-order chi connectivity index (χ1) is 5.97. The Bertz CT molecular complexity index is 153. The maximum absolute atomic E-state index is 5.67. The summed E-state index contributed by atoms with van der Waals surface area (Å²) < 4.78 is 0. The maximum Gasteiger partial charge on any atom is -0.693 e. The summed E-state index contributed by atoms with van der Waals surface area (Å²) in [6.45, 7) is 7.89. The Morgan fingerprint density at radius 2 is 1.69 bits per heavy atom. The third-order valence-corrected chi connectivity index (χ3v) is 2.95. The Hall–Kier alpha value is 1.11. The number of nitrogens with two attached hydrogens (primary N) is 2. The van der Waals surface area contributed by atoms with Crippen LogP contribution in [-0.2, 0) is 16.5 Å². The van der Waals surface area contributed by atoms with E-state index in [2.05, 4.69) is 20.8 Å². The van der Waals surface area contributed by atoms with Gasteiger partial charge in [0.05, 0.1) is 0 Å². The first-order valence-corrected chi connectivity index (χ1v) is 10.1. The molecule has 0 unspecified atom stereocenters. The molecule has 2 atom stereocenters. The Labute approximate surface area is 115 Å². The SMILES string of the molecule is C[C@H]1C[C@@H](CN)C(C)(C)C1.O.O.[Cl][Pt][Cl].[NH2-]. The van der Waals surface area contributed by atoms with E-state index in [9.17, 15) is 0 Å². The van der Waals surface area contributed by atoms with Gasteiger partial charge in [-0.25, -0.2) is 0 Å². The summed E-state index contributed by atoms with van der Waals surface area (Å²) in [6, 6.07) is 0. The molecule has 1 aliphatic rings. The van der Waals surface area contributed by atoms with Crippen LogP contribution in [0.1, 0.15) is 33.6 Å². The van der Waals surface area contributed by atoms with Crippen molar-refractivity contribution in [3.63, 3.8) is 0 Å². The molecule has 0 aromatic heterocycles. The van der Waals surface area contributed by atoms with E-state index in [0.717, 1.165) is 18.4 Å². The van der Waals surface area contributed by atoms with Crippen LogP contribution < -0.4 is 5.73 Å². The molecule has 0 aromatic rings. The van der Waals surface area contributed by atoms with Crippen LogP contribution in [-0.4, -0.2) is 17.5 Å². The molecule has 0 spiro atoms. The molecular formula is C9H25Cl2N2O2Pt-. The van der Waals surface area contributed by atoms with Crippen LogP contribution in [0.15, 0.2) is 0 Å². The Morgan fingerprint density at radius 3 is 1.81 bits per heavy atom. The van der Waals surface area contributed by atoms with Gasteiger partial charge in [0.1, 0.15) is 0 Å². The summed E-state index contributed by atoms with van der Waals surface area (Å²) in [7, 11) is 9.75. The monoisotopic (exact) mass is 458 g/mol. The zero-order chi connectivity index (χ0) is 10.5. The van der Waals surface area contributed by atoms with E-state index < -0.39 is 16.5 Å². The molecule has 8 N–H and O–H groups in total. The van der Waals surface area contributed by atoms with Crippen LogP contribution in [0, 0.1) is 17.3 Å². The quantitative estimate of drug-likeness (QED) is 0.636. The normalized spacial score (nSPS) is 25.4. The van der Waals surface area contributed by atoms with Gasteiger partial charge in [-0.2, -0.15) is 0 Å². The van der Waals surface area contributed by atoms with Gasteiger partial charge in [-0.15, -0.1) is 0 Å². The zero-order valence-corrected chi connectivity index (χ0v) is 13.8. The molecule has 0 heterocycles. The van der Waals surface area contributed by atoms with E-state index >= 15 is 0 Å². The predicted octanol–water partition coefficient (Wildman–Crippen LogP) is 2.46. The molecule has 108 valence electrons. The molecule has 0 radical (unpaired) electrons. The largest absolute Gasteiger partial charge is 0.693 e. The van der Waals surface area contributed by atoms with Crippen molar-refractivity contribution in [3.05, 3.63) is 6.15 Å². The van der Waals surface area contributed by atoms with E-state index in [0.29, 0.717) is 5.41 Å². The predicted molar refractivity (Wildman–Crippen MR) is 68.9 cm³/mol.